The Balaban J connectivity index is 1.27. The zero-order valence-electron chi connectivity index (χ0n) is 21.5. The number of nitrogens with zero attached hydrogens (tertiary/aromatic N) is 3. The molecule has 1 unspecified atom stereocenters. The van der Waals surface area contributed by atoms with Crippen molar-refractivity contribution in [3.8, 4) is 10.6 Å². The first kappa shape index (κ1) is 24.8. The van der Waals surface area contributed by atoms with Gasteiger partial charge in [-0.05, 0) is 80.1 Å². The van der Waals surface area contributed by atoms with Gasteiger partial charge in [0.25, 0.3) is 11.8 Å². The molecule has 0 N–H and O–H groups in total. The van der Waals surface area contributed by atoms with E-state index in [-0.39, 0.29) is 24.8 Å². The van der Waals surface area contributed by atoms with Gasteiger partial charge in [0.05, 0.1) is 35.1 Å². The van der Waals surface area contributed by atoms with Crippen molar-refractivity contribution >= 4 is 45.0 Å². The minimum absolute atomic E-state index is 0.0766. The summed E-state index contributed by atoms with van der Waals surface area (Å²) in [4.78, 5) is 47.7. The average Bonchev–Trinajstić information content (AvgIpc) is 3.66. The van der Waals surface area contributed by atoms with Gasteiger partial charge in [-0.3, -0.25) is 14.4 Å². The number of furan rings is 1. The van der Waals surface area contributed by atoms with E-state index in [0.29, 0.717) is 17.0 Å². The van der Waals surface area contributed by atoms with Crippen LogP contribution in [0.3, 0.4) is 0 Å². The third-order valence-corrected chi connectivity index (χ3v) is 7.95. The van der Waals surface area contributed by atoms with E-state index in [1.54, 1.807) is 47.7 Å². The van der Waals surface area contributed by atoms with Gasteiger partial charge in [-0.1, -0.05) is 23.8 Å². The molecule has 2 aromatic heterocycles. The molecule has 3 heterocycles. The zero-order valence-corrected chi connectivity index (χ0v) is 22.3. The Morgan fingerprint density at radius 1 is 1.00 bits per heavy atom. The van der Waals surface area contributed by atoms with Crippen molar-refractivity contribution in [2.75, 3.05) is 4.90 Å². The Labute approximate surface area is 229 Å². The molecular formula is C31H25N3O4S. The van der Waals surface area contributed by atoms with Crippen molar-refractivity contribution < 1.29 is 18.8 Å². The highest BCUT2D eigenvalue weighted by atomic mass is 32.1. The zero-order chi connectivity index (χ0) is 27.1. The van der Waals surface area contributed by atoms with Crippen LogP contribution in [0.2, 0.25) is 0 Å². The van der Waals surface area contributed by atoms with E-state index in [9.17, 15) is 14.4 Å². The molecule has 8 heteroatoms. The minimum Gasteiger partial charge on any atom is -0.467 e. The molecule has 1 saturated heterocycles. The van der Waals surface area contributed by atoms with E-state index >= 15 is 0 Å². The summed E-state index contributed by atoms with van der Waals surface area (Å²) >= 11 is 1.60. The predicted molar refractivity (Wildman–Crippen MR) is 150 cm³/mol. The summed E-state index contributed by atoms with van der Waals surface area (Å²) in [5, 5.41) is 0.868. The van der Waals surface area contributed by atoms with Crippen LogP contribution >= 0.6 is 11.3 Å². The van der Waals surface area contributed by atoms with Crippen LogP contribution in [0.5, 0.6) is 0 Å². The van der Waals surface area contributed by atoms with Crippen molar-refractivity contribution in [3.05, 3.63) is 108 Å². The third kappa shape index (κ3) is 4.75. The van der Waals surface area contributed by atoms with Crippen LogP contribution < -0.4 is 4.90 Å². The summed E-state index contributed by atoms with van der Waals surface area (Å²) in [5.41, 5.74) is 4.95. The predicted octanol–water partition coefficient (Wildman–Crippen LogP) is 6.15. The van der Waals surface area contributed by atoms with E-state index in [2.05, 4.69) is 13.0 Å². The summed E-state index contributed by atoms with van der Waals surface area (Å²) < 4.78 is 6.59. The normalized spacial score (nSPS) is 15.3. The second kappa shape index (κ2) is 9.96. The van der Waals surface area contributed by atoms with Crippen LogP contribution in [0.25, 0.3) is 20.8 Å². The Hall–Kier alpha value is -4.56. The molecule has 0 spiro atoms. The van der Waals surface area contributed by atoms with Crippen molar-refractivity contribution in [2.45, 2.75) is 32.9 Å². The fraction of sp³-hybridized carbons (Fsp3) is 0.161. The Bertz CT molecular complexity index is 1690. The van der Waals surface area contributed by atoms with Crippen LogP contribution in [-0.2, 0) is 16.1 Å². The molecule has 6 rings (SSSR count). The SMILES string of the molecule is Cc1ccc(C(=O)N(Cc2ccco2)C2CC(=O)N(c3ccc(-c4nc5ccc(C)cc5s4)cc3)C2=O)cc1. The molecule has 3 amide bonds. The largest absolute Gasteiger partial charge is 0.467 e. The molecule has 3 aromatic carbocycles. The first-order valence-electron chi connectivity index (χ1n) is 12.6. The molecule has 1 aliphatic rings. The molecular weight excluding hydrogens is 510 g/mol. The van der Waals surface area contributed by atoms with Crippen molar-refractivity contribution in [1.29, 1.82) is 0 Å². The summed E-state index contributed by atoms with van der Waals surface area (Å²) in [7, 11) is 0. The molecule has 0 bridgehead atoms. The number of hydrogen-bond donors (Lipinski definition) is 0. The van der Waals surface area contributed by atoms with Crippen molar-refractivity contribution in [2.24, 2.45) is 0 Å². The van der Waals surface area contributed by atoms with Gasteiger partial charge in [-0.15, -0.1) is 11.3 Å². The second-order valence-electron chi connectivity index (χ2n) is 9.70. The number of fused-ring (bicyclic) bond motifs is 1. The number of hydrogen-bond acceptors (Lipinski definition) is 6. The van der Waals surface area contributed by atoms with Crippen LogP contribution in [0.4, 0.5) is 5.69 Å². The van der Waals surface area contributed by atoms with Crippen LogP contribution in [-0.4, -0.2) is 33.6 Å². The minimum atomic E-state index is -0.941. The van der Waals surface area contributed by atoms with E-state index in [0.717, 1.165) is 26.4 Å². The lowest BCUT2D eigenvalue weighted by molar-refractivity contribution is -0.122. The molecule has 0 radical (unpaired) electrons. The second-order valence-corrected chi connectivity index (χ2v) is 10.7. The molecule has 7 nitrogen and oxygen atoms in total. The van der Waals surface area contributed by atoms with E-state index in [1.165, 1.54) is 21.6 Å². The number of anilines is 1. The molecule has 0 aliphatic carbocycles. The lowest BCUT2D eigenvalue weighted by Crippen LogP contribution is -2.45. The summed E-state index contributed by atoms with van der Waals surface area (Å²) in [6.45, 7) is 4.07. The highest BCUT2D eigenvalue weighted by molar-refractivity contribution is 7.21. The molecule has 5 aromatic rings. The standard InChI is InChI=1S/C31H25N3O4S/c1-19-5-8-22(9-6-19)30(36)33(18-24-4-3-15-38-24)26-17-28(35)34(31(26)37)23-12-10-21(11-13-23)29-32-25-14-7-20(2)16-27(25)39-29/h3-16,26H,17-18H2,1-2H3. The topological polar surface area (TPSA) is 83.7 Å². The number of carbonyl (C=O) groups excluding carboxylic acids is 3. The van der Waals surface area contributed by atoms with E-state index in [4.69, 9.17) is 9.40 Å². The van der Waals surface area contributed by atoms with Gasteiger partial charge in [-0.25, -0.2) is 9.88 Å². The Kier molecular flexibility index (Phi) is 6.32. The number of rotatable bonds is 6. The Morgan fingerprint density at radius 2 is 1.74 bits per heavy atom. The maximum Gasteiger partial charge on any atom is 0.257 e. The average molecular weight is 536 g/mol. The van der Waals surface area contributed by atoms with Gasteiger partial charge in [0.15, 0.2) is 0 Å². The molecule has 1 fully saturated rings. The Morgan fingerprint density at radius 3 is 2.46 bits per heavy atom. The smallest absolute Gasteiger partial charge is 0.257 e. The monoisotopic (exact) mass is 535 g/mol. The molecule has 1 atom stereocenters. The first-order valence-corrected chi connectivity index (χ1v) is 13.4. The van der Waals surface area contributed by atoms with Gasteiger partial charge >= 0.3 is 0 Å². The molecule has 0 saturated carbocycles. The first-order chi connectivity index (χ1) is 18.9. The maximum absolute atomic E-state index is 13.7. The molecule has 39 heavy (non-hydrogen) atoms. The van der Waals surface area contributed by atoms with Gasteiger partial charge in [0, 0.05) is 11.1 Å². The molecule has 194 valence electrons. The number of aromatic nitrogens is 1. The van der Waals surface area contributed by atoms with Crippen LogP contribution in [0.15, 0.2) is 89.5 Å². The quantitative estimate of drug-likeness (QED) is 0.244. The van der Waals surface area contributed by atoms with E-state index < -0.39 is 11.9 Å². The summed E-state index contributed by atoms with van der Waals surface area (Å²) in [6, 6.07) is 23.1. The number of benzene rings is 3. The van der Waals surface area contributed by atoms with Crippen molar-refractivity contribution in [1.82, 2.24) is 9.88 Å². The maximum atomic E-state index is 13.7. The van der Waals surface area contributed by atoms with Gasteiger partial charge in [0.1, 0.15) is 16.8 Å². The molecule has 1 aliphatic heterocycles. The third-order valence-electron chi connectivity index (χ3n) is 6.88. The van der Waals surface area contributed by atoms with Gasteiger partial charge in [0.2, 0.25) is 5.91 Å². The number of thiazole rings is 1. The summed E-state index contributed by atoms with van der Waals surface area (Å²) in [6.07, 6.45) is 1.42. The van der Waals surface area contributed by atoms with Gasteiger partial charge < -0.3 is 9.32 Å². The number of amides is 3. The fourth-order valence-corrected chi connectivity index (χ4v) is 5.86. The van der Waals surface area contributed by atoms with Crippen LogP contribution in [0, 0.1) is 13.8 Å². The number of aryl methyl sites for hydroxylation is 2. The lowest BCUT2D eigenvalue weighted by Gasteiger charge is -2.27. The van der Waals surface area contributed by atoms with E-state index in [1.807, 2.05) is 43.3 Å². The van der Waals surface area contributed by atoms with Gasteiger partial charge in [-0.2, -0.15) is 0 Å². The number of carbonyl (C=O) groups is 3. The fourth-order valence-electron chi connectivity index (χ4n) is 4.79. The lowest BCUT2D eigenvalue weighted by atomic mass is 10.1. The van der Waals surface area contributed by atoms with Crippen molar-refractivity contribution in [3.63, 3.8) is 0 Å². The highest BCUT2D eigenvalue weighted by Crippen LogP contribution is 2.33. The highest BCUT2D eigenvalue weighted by Gasteiger charge is 2.44. The van der Waals surface area contributed by atoms with Crippen LogP contribution in [0.1, 0.15) is 33.7 Å². The summed E-state index contributed by atoms with van der Waals surface area (Å²) in [5.74, 6) is -0.588. The number of imide groups is 1.